The molecule has 0 aliphatic carbocycles. The fourth-order valence-corrected chi connectivity index (χ4v) is 1.96. The van der Waals surface area contributed by atoms with Crippen molar-refractivity contribution in [1.82, 2.24) is 0 Å². The lowest BCUT2D eigenvalue weighted by molar-refractivity contribution is -0.118. The zero-order chi connectivity index (χ0) is 18.1. The third kappa shape index (κ3) is 6.29. The van der Waals surface area contributed by atoms with Crippen molar-refractivity contribution in [3.63, 3.8) is 0 Å². The van der Waals surface area contributed by atoms with E-state index in [2.05, 4.69) is 10.1 Å². The van der Waals surface area contributed by atoms with Crippen molar-refractivity contribution < 1.29 is 27.8 Å². The van der Waals surface area contributed by atoms with Crippen LogP contribution in [0.2, 0.25) is 0 Å². The molecule has 7 heteroatoms. The number of anilines is 1. The van der Waals surface area contributed by atoms with Crippen LogP contribution in [0.15, 0.2) is 48.5 Å². The van der Waals surface area contributed by atoms with Gasteiger partial charge in [0.15, 0.2) is 6.61 Å². The number of carbonyl (C=O) groups excluding carboxylic acids is 1. The highest BCUT2D eigenvalue weighted by atomic mass is 19.3. The second kappa shape index (κ2) is 9.46. The standard InChI is InChI=1S/C18H19F2NO4/c1-2-11-23-13-7-9-14(10-8-13)24-12-17(22)21-15-5-3-4-6-16(15)25-18(19)20/h3-10,18H,2,11-12H2,1H3,(H,21,22). The monoisotopic (exact) mass is 351 g/mol. The predicted molar refractivity (Wildman–Crippen MR) is 89.4 cm³/mol. The Morgan fingerprint density at radius 1 is 1.04 bits per heavy atom. The summed E-state index contributed by atoms with van der Waals surface area (Å²) in [6, 6.07) is 12.8. The summed E-state index contributed by atoms with van der Waals surface area (Å²) in [4.78, 5) is 11.9. The van der Waals surface area contributed by atoms with Crippen LogP contribution in [0.1, 0.15) is 13.3 Å². The van der Waals surface area contributed by atoms with Crippen molar-refractivity contribution in [2.45, 2.75) is 20.0 Å². The highest BCUT2D eigenvalue weighted by Crippen LogP contribution is 2.25. The van der Waals surface area contributed by atoms with Crippen molar-refractivity contribution in [2.24, 2.45) is 0 Å². The Hall–Kier alpha value is -2.83. The van der Waals surface area contributed by atoms with E-state index in [-0.39, 0.29) is 18.0 Å². The molecule has 0 heterocycles. The van der Waals surface area contributed by atoms with Crippen LogP contribution in [0.25, 0.3) is 0 Å². The molecule has 0 aromatic heterocycles. The molecule has 0 unspecified atom stereocenters. The molecule has 2 aromatic rings. The van der Waals surface area contributed by atoms with Gasteiger partial charge in [0.2, 0.25) is 0 Å². The molecule has 134 valence electrons. The zero-order valence-electron chi connectivity index (χ0n) is 13.7. The number of alkyl halides is 2. The van der Waals surface area contributed by atoms with Crippen LogP contribution in [-0.2, 0) is 4.79 Å². The summed E-state index contributed by atoms with van der Waals surface area (Å²) in [7, 11) is 0. The minimum atomic E-state index is -2.97. The van der Waals surface area contributed by atoms with Gasteiger partial charge in [-0.2, -0.15) is 8.78 Å². The van der Waals surface area contributed by atoms with Gasteiger partial charge in [0, 0.05) is 0 Å². The number of para-hydroxylation sites is 2. The number of benzene rings is 2. The molecule has 1 N–H and O–H groups in total. The lowest BCUT2D eigenvalue weighted by atomic mass is 10.3. The fraction of sp³-hybridized carbons (Fsp3) is 0.278. The molecular formula is C18H19F2NO4. The normalized spacial score (nSPS) is 10.4. The van der Waals surface area contributed by atoms with E-state index in [4.69, 9.17) is 9.47 Å². The molecule has 0 radical (unpaired) electrons. The number of ether oxygens (including phenoxy) is 3. The van der Waals surface area contributed by atoms with Gasteiger partial charge < -0.3 is 19.5 Å². The van der Waals surface area contributed by atoms with Gasteiger partial charge in [0.05, 0.1) is 12.3 Å². The Bertz CT molecular complexity index is 677. The average Bonchev–Trinajstić information content (AvgIpc) is 2.60. The van der Waals surface area contributed by atoms with Crippen LogP contribution < -0.4 is 19.5 Å². The molecule has 1 amide bonds. The Kier molecular flexibility index (Phi) is 7.00. The first-order chi connectivity index (χ1) is 12.1. The van der Waals surface area contributed by atoms with Gasteiger partial charge in [0.25, 0.3) is 5.91 Å². The average molecular weight is 351 g/mol. The summed E-state index contributed by atoms with van der Waals surface area (Å²) in [6.07, 6.45) is 0.912. The SMILES string of the molecule is CCCOc1ccc(OCC(=O)Nc2ccccc2OC(F)F)cc1. The van der Waals surface area contributed by atoms with E-state index in [9.17, 15) is 13.6 Å². The van der Waals surface area contributed by atoms with Crippen molar-refractivity contribution in [1.29, 1.82) is 0 Å². The summed E-state index contributed by atoms with van der Waals surface area (Å²) in [5, 5.41) is 2.48. The molecule has 0 spiro atoms. The Labute approximate surface area is 144 Å². The lowest BCUT2D eigenvalue weighted by Crippen LogP contribution is -2.20. The number of hydrogen-bond acceptors (Lipinski definition) is 4. The molecule has 5 nitrogen and oxygen atoms in total. The number of nitrogens with one attached hydrogen (secondary N) is 1. The van der Waals surface area contributed by atoms with Gasteiger partial charge in [0.1, 0.15) is 17.2 Å². The van der Waals surface area contributed by atoms with Gasteiger partial charge in [-0.1, -0.05) is 19.1 Å². The number of rotatable bonds is 9. The summed E-state index contributed by atoms with van der Waals surface area (Å²) in [6.45, 7) is -0.593. The van der Waals surface area contributed by atoms with E-state index in [0.717, 1.165) is 12.2 Å². The van der Waals surface area contributed by atoms with Crippen LogP contribution in [-0.4, -0.2) is 25.7 Å². The topological polar surface area (TPSA) is 56.8 Å². The minimum absolute atomic E-state index is 0.108. The second-order valence-electron chi connectivity index (χ2n) is 5.03. The molecule has 0 aliphatic rings. The van der Waals surface area contributed by atoms with E-state index in [1.807, 2.05) is 6.92 Å². The van der Waals surface area contributed by atoms with Crippen molar-refractivity contribution in [2.75, 3.05) is 18.5 Å². The Morgan fingerprint density at radius 2 is 1.68 bits per heavy atom. The highest BCUT2D eigenvalue weighted by molar-refractivity contribution is 5.93. The molecule has 0 fully saturated rings. The largest absolute Gasteiger partial charge is 0.494 e. The molecule has 0 bridgehead atoms. The smallest absolute Gasteiger partial charge is 0.387 e. The molecule has 0 saturated heterocycles. The van der Waals surface area contributed by atoms with Crippen LogP contribution in [0.3, 0.4) is 0 Å². The van der Waals surface area contributed by atoms with Crippen molar-refractivity contribution in [3.05, 3.63) is 48.5 Å². The van der Waals surface area contributed by atoms with E-state index < -0.39 is 12.5 Å². The summed E-state index contributed by atoms with van der Waals surface area (Å²) in [5.41, 5.74) is 0.153. The minimum Gasteiger partial charge on any atom is -0.494 e. The predicted octanol–water partition coefficient (Wildman–Crippen LogP) is 4.09. The maximum absolute atomic E-state index is 12.3. The molecule has 0 atom stereocenters. The molecule has 0 saturated carbocycles. The first kappa shape index (κ1) is 18.5. The first-order valence-electron chi connectivity index (χ1n) is 7.78. The maximum Gasteiger partial charge on any atom is 0.387 e. The van der Waals surface area contributed by atoms with Crippen molar-refractivity contribution >= 4 is 11.6 Å². The van der Waals surface area contributed by atoms with Crippen LogP contribution in [0.5, 0.6) is 17.2 Å². The quantitative estimate of drug-likeness (QED) is 0.739. The van der Waals surface area contributed by atoms with Gasteiger partial charge in [-0.25, -0.2) is 0 Å². The highest BCUT2D eigenvalue weighted by Gasteiger charge is 2.12. The Balaban J connectivity index is 1.86. The van der Waals surface area contributed by atoms with E-state index in [1.165, 1.54) is 18.2 Å². The molecule has 25 heavy (non-hydrogen) atoms. The zero-order valence-corrected chi connectivity index (χ0v) is 13.7. The maximum atomic E-state index is 12.3. The van der Waals surface area contributed by atoms with Crippen LogP contribution in [0, 0.1) is 0 Å². The third-order valence-electron chi connectivity index (χ3n) is 3.04. The third-order valence-corrected chi connectivity index (χ3v) is 3.04. The van der Waals surface area contributed by atoms with Gasteiger partial charge in [-0.3, -0.25) is 4.79 Å². The molecule has 2 aromatic carbocycles. The van der Waals surface area contributed by atoms with Crippen LogP contribution in [0.4, 0.5) is 14.5 Å². The van der Waals surface area contributed by atoms with Gasteiger partial charge >= 0.3 is 6.61 Å². The number of amides is 1. The van der Waals surface area contributed by atoms with Gasteiger partial charge in [-0.05, 0) is 42.8 Å². The van der Waals surface area contributed by atoms with Gasteiger partial charge in [-0.15, -0.1) is 0 Å². The number of hydrogen-bond donors (Lipinski definition) is 1. The number of halogens is 2. The molecular weight excluding hydrogens is 332 g/mol. The second-order valence-corrected chi connectivity index (χ2v) is 5.03. The van der Waals surface area contributed by atoms with E-state index in [0.29, 0.717) is 12.4 Å². The lowest BCUT2D eigenvalue weighted by Gasteiger charge is -2.12. The summed E-state index contributed by atoms with van der Waals surface area (Å²) >= 11 is 0. The summed E-state index contributed by atoms with van der Waals surface area (Å²) < 4.78 is 39.9. The Morgan fingerprint density at radius 3 is 2.32 bits per heavy atom. The molecule has 2 rings (SSSR count). The summed E-state index contributed by atoms with van der Waals surface area (Å²) in [5.74, 6) is 0.618. The number of carbonyl (C=O) groups is 1. The van der Waals surface area contributed by atoms with E-state index in [1.54, 1.807) is 30.3 Å². The fourth-order valence-electron chi connectivity index (χ4n) is 1.96. The molecule has 0 aliphatic heterocycles. The van der Waals surface area contributed by atoms with Crippen LogP contribution >= 0.6 is 0 Å². The van der Waals surface area contributed by atoms with E-state index >= 15 is 0 Å². The first-order valence-corrected chi connectivity index (χ1v) is 7.78. The van der Waals surface area contributed by atoms with Crippen molar-refractivity contribution in [3.8, 4) is 17.2 Å².